The molecule has 0 bridgehead atoms. The van der Waals surface area contributed by atoms with Crippen LogP contribution in [0.1, 0.15) is 29.5 Å². The summed E-state index contributed by atoms with van der Waals surface area (Å²) < 4.78 is 0. The van der Waals surface area contributed by atoms with E-state index in [1.165, 1.54) is 18.4 Å². The van der Waals surface area contributed by atoms with Crippen LogP contribution in [-0.4, -0.2) is 17.5 Å². The molecule has 31 heavy (non-hydrogen) atoms. The van der Waals surface area contributed by atoms with Crippen LogP contribution in [0.2, 0.25) is 0 Å². The van der Waals surface area contributed by atoms with Gasteiger partial charge in [0.05, 0.1) is 10.6 Å². The molecule has 2 aliphatic rings. The second-order valence-corrected chi connectivity index (χ2v) is 8.04. The molecule has 1 aliphatic carbocycles. The normalized spacial score (nSPS) is 16.4. The standard InChI is InChI=1S/C25H24N4O2/c30-29(31)21-12-13-24-22(14-21)23(16-27-24)25(18-4-2-1-3-5-18)28-20-8-6-17(7-9-20)15-26-19-10-11-19/h1-9,12-14,19,26-28H,10-11,15-16H2/b25-23+. The molecule has 5 rings (SSSR count). The van der Waals surface area contributed by atoms with E-state index < -0.39 is 0 Å². The maximum Gasteiger partial charge on any atom is 0.270 e. The molecule has 0 radical (unpaired) electrons. The number of anilines is 2. The topological polar surface area (TPSA) is 79.2 Å². The molecular formula is C25H24N4O2. The van der Waals surface area contributed by atoms with Crippen LogP contribution in [0.25, 0.3) is 11.3 Å². The molecule has 0 atom stereocenters. The molecule has 1 aliphatic heterocycles. The molecule has 3 aromatic carbocycles. The van der Waals surface area contributed by atoms with Gasteiger partial charge < -0.3 is 16.0 Å². The number of hydrogen-bond acceptors (Lipinski definition) is 5. The number of nitro benzene ring substituents is 1. The second kappa shape index (κ2) is 8.24. The first-order chi connectivity index (χ1) is 15.2. The van der Waals surface area contributed by atoms with Crippen LogP contribution in [0.5, 0.6) is 0 Å². The Labute approximate surface area is 181 Å². The van der Waals surface area contributed by atoms with Crippen molar-refractivity contribution < 1.29 is 4.92 Å². The Hall–Kier alpha value is -3.64. The summed E-state index contributed by atoms with van der Waals surface area (Å²) in [6.45, 7) is 1.50. The van der Waals surface area contributed by atoms with Crippen LogP contribution in [0.4, 0.5) is 17.1 Å². The van der Waals surface area contributed by atoms with Crippen LogP contribution in [0, 0.1) is 10.1 Å². The fourth-order valence-electron chi connectivity index (χ4n) is 3.88. The highest BCUT2D eigenvalue weighted by atomic mass is 16.6. The maximum atomic E-state index is 11.3. The van der Waals surface area contributed by atoms with Crippen LogP contribution in [0.3, 0.4) is 0 Å². The van der Waals surface area contributed by atoms with Crippen LogP contribution >= 0.6 is 0 Å². The molecule has 3 aromatic rings. The molecule has 0 spiro atoms. The lowest BCUT2D eigenvalue weighted by molar-refractivity contribution is -0.384. The van der Waals surface area contributed by atoms with Gasteiger partial charge in [-0.1, -0.05) is 42.5 Å². The Bertz CT molecular complexity index is 1140. The van der Waals surface area contributed by atoms with Gasteiger partial charge in [-0.05, 0) is 42.2 Å². The molecule has 1 fully saturated rings. The van der Waals surface area contributed by atoms with Gasteiger partial charge in [-0.15, -0.1) is 0 Å². The smallest absolute Gasteiger partial charge is 0.270 e. The lowest BCUT2D eigenvalue weighted by atomic mass is 10.00. The fraction of sp³-hybridized carbons (Fsp3) is 0.200. The van der Waals surface area contributed by atoms with Crippen molar-refractivity contribution in [3.8, 4) is 0 Å². The Morgan fingerprint density at radius 3 is 2.52 bits per heavy atom. The van der Waals surface area contributed by atoms with Gasteiger partial charge in [-0.2, -0.15) is 0 Å². The summed E-state index contributed by atoms with van der Waals surface area (Å²) in [5.41, 5.74) is 7.14. The lowest BCUT2D eigenvalue weighted by Gasteiger charge is -2.16. The predicted octanol–water partition coefficient (Wildman–Crippen LogP) is 5.25. The van der Waals surface area contributed by atoms with E-state index in [2.05, 4.69) is 52.3 Å². The van der Waals surface area contributed by atoms with Crippen LogP contribution < -0.4 is 16.0 Å². The zero-order chi connectivity index (χ0) is 21.2. The van der Waals surface area contributed by atoms with Crippen LogP contribution in [-0.2, 0) is 6.54 Å². The molecule has 6 nitrogen and oxygen atoms in total. The first-order valence-electron chi connectivity index (χ1n) is 10.6. The Morgan fingerprint density at radius 2 is 1.81 bits per heavy atom. The maximum absolute atomic E-state index is 11.3. The van der Waals surface area contributed by atoms with E-state index in [0.29, 0.717) is 12.6 Å². The summed E-state index contributed by atoms with van der Waals surface area (Å²) in [5.74, 6) is 0. The molecule has 1 saturated carbocycles. The minimum atomic E-state index is -0.347. The minimum Gasteiger partial charge on any atom is -0.380 e. The summed E-state index contributed by atoms with van der Waals surface area (Å²) in [6, 6.07) is 24.2. The van der Waals surface area contributed by atoms with E-state index in [0.717, 1.165) is 40.3 Å². The van der Waals surface area contributed by atoms with Crippen molar-refractivity contribution in [3.05, 3.63) is 99.6 Å². The van der Waals surface area contributed by atoms with E-state index in [-0.39, 0.29) is 10.6 Å². The number of fused-ring (bicyclic) bond motifs is 1. The van der Waals surface area contributed by atoms with Crippen molar-refractivity contribution in [2.24, 2.45) is 0 Å². The van der Waals surface area contributed by atoms with Crippen molar-refractivity contribution in [2.75, 3.05) is 17.2 Å². The van der Waals surface area contributed by atoms with Crippen molar-refractivity contribution in [1.29, 1.82) is 0 Å². The quantitative estimate of drug-likeness (QED) is 0.365. The van der Waals surface area contributed by atoms with E-state index in [4.69, 9.17) is 0 Å². The highest BCUT2D eigenvalue weighted by Crippen LogP contribution is 2.38. The summed E-state index contributed by atoms with van der Waals surface area (Å²) in [6.07, 6.45) is 2.56. The van der Waals surface area contributed by atoms with Gasteiger partial charge in [-0.3, -0.25) is 10.1 Å². The van der Waals surface area contributed by atoms with Gasteiger partial charge >= 0.3 is 0 Å². The zero-order valence-corrected chi connectivity index (χ0v) is 17.1. The van der Waals surface area contributed by atoms with Crippen molar-refractivity contribution in [3.63, 3.8) is 0 Å². The van der Waals surface area contributed by atoms with E-state index in [1.54, 1.807) is 18.2 Å². The summed E-state index contributed by atoms with van der Waals surface area (Å²) in [5, 5.41) is 21.8. The van der Waals surface area contributed by atoms with Gasteiger partial charge in [-0.25, -0.2) is 0 Å². The van der Waals surface area contributed by atoms with Crippen molar-refractivity contribution in [2.45, 2.75) is 25.4 Å². The molecular weight excluding hydrogens is 388 g/mol. The molecule has 6 heteroatoms. The highest BCUT2D eigenvalue weighted by molar-refractivity contribution is 6.02. The van der Waals surface area contributed by atoms with Gasteiger partial charge in [0, 0.05) is 53.8 Å². The third kappa shape index (κ3) is 4.29. The van der Waals surface area contributed by atoms with Gasteiger partial charge in [0.2, 0.25) is 0 Å². The molecule has 0 amide bonds. The summed E-state index contributed by atoms with van der Waals surface area (Å²) in [4.78, 5) is 11.0. The second-order valence-electron chi connectivity index (χ2n) is 8.04. The van der Waals surface area contributed by atoms with E-state index in [9.17, 15) is 10.1 Å². The first-order valence-corrected chi connectivity index (χ1v) is 10.6. The third-order valence-corrected chi connectivity index (χ3v) is 5.75. The highest BCUT2D eigenvalue weighted by Gasteiger charge is 2.23. The average Bonchev–Trinajstić information content (AvgIpc) is 3.55. The number of nitrogens with one attached hydrogen (secondary N) is 3. The third-order valence-electron chi connectivity index (χ3n) is 5.75. The molecule has 0 saturated heterocycles. The van der Waals surface area contributed by atoms with E-state index >= 15 is 0 Å². The molecule has 1 heterocycles. The van der Waals surface area contributed by atoms with Gasteiger partial charge in [0.25, 0.3) is 5.69 Å². The SMILES string of the molecule is O=[N+]([O-])c1ccc2c(c1)/C(=C(/Nc1ccc(CNC3CC3)cc1)c1ccccc1)CN2. The van der Waals surface area contributed by atoms with Crippen molar-refractivity contribution >= 4 is 28.3 Å². The first kappa shape index (κ1) is 19.3. The number of benzene rings is 3. The largest absolute Gasteiger partial charge is 0.380 e. The average molecular weight is 412 g/mol. The van der Waals surface area contributed by atoms with Crippen LogP contribution in [0.15, 0.2) is 72.8 Å². The Kier molecular flexibility index (Phi) is 5.14. The summed E-state index contributed by atoms with van der Waals surface area (Å²) >= 11 is 0. The van der Waals surface area contributed by atoms with Gasteiger partial charge in [0.15, 0.2) is 0 Å². The summed E-state index contributed by atoms with van der Waals surface area (Å²) in [7, 11) is 0. The Morgan fingerprint density at radius 1 is 1.03 bits per heavy atom. The number of hydrogen-bond donors (Lipinski definition) is 3. The molecule has 0 unspecified atom stereocenters. The Balaban J connectivity index is 1.49. The molecule has 0 aromatic heterocycles. The fourth-order valence-corrected chi connectivity index (χ4v) is 3.88. The van der Waals surface area contributed by atoms with Gasteiger partial charge in [0.1, 0.15) is 0 Å². The number of non-ortho nitro benzene ring substituents is 1. The molecule has 156 valence electrons. The molecule has 3 N–H and O–H groups in total. The number of nitrogens with zero attached hydrogens (tertiary/aromatic N) is 1. The minimum absolute atomic E-state index is 0.0971. The predicted molar refractivity (Wildman–Crippen MR) is 125 cm³/mol. The van der Waals surface area contributed by atoms with E-state index in [1.807, 2.05) is 18.2 Å². The number of rotatable bonds is 7. The monoisotopic (exact) mass is 412 g/mol. The zero-order valence-electron chi connectivity index (χ0n) is 17.1. The number of nitro groups is 1. The lowest BCUT2D eigenvalue weighted by Crippen LogP contribution is -2.15. The van der Waals surface area contributed by atoms with Crippen molar-refractivity contribution in [1.82, 2.24) is 5.32 Å².